The van der Waals surface area contributed by atoms with Gasteiger partial charge in [0.25, 0.3) is 0 Å². The largest absolute Gasteiger partial charge is 0.310 e. The van der Waals surface area contributed by atoms with Crippen LogP contribution in [0.25, 0.3) is 0 Å². The number of nitrogens with one attached hydrogen (secondary N) is 1. The van der Waals surface area contributed by atoms with Crippen molar-refractivity contribution in [3.63, 3.8) is 0 Å². The summed E-state index contributed by atoms with van der Waals surface area (Å²) < 4.78 is 14.1. The Labute approximate surface area is 111 Å². The second-order valence-corrected chi connectivity index (χ2v) is 5.76. The van der Waals surface area contributed by atoms with Crippen molar-refractivity contribution in [2.24, 2.45) is 5.92 Å². The van der Waals surface area contributed by atoms with Crippen LogP contribution in [0.1, 0.15) is 38.2 Å². The molecule has 0 heterocycles. The van der Waals surface area contributed by atoms with E-state index in [1.165, 1.54) is 31.7 Å². The Hall–Kier alpha value is -0.410. The van der Waals surface area contributed by atoms with Crippen LogP contribution in [-0.2, 0) is 6.54 Å². The third-order valence-electron chi connectivity index (χ3n) is 3.71. The smallest absolute Gasteiger partial charge is 0.123 e. The Balaban J connectivity index is 1.88. The van der Waals surface area contributed by atoms with Crippen molar-refractivity contribution in [2.45, 2.75) is 45.2 Å². The molecule has 94 valence electrons. The maximum atomic E-state index is 13.1. The highest BCUT2D eigenvalue weighted by atomic mass is 79.9. The van der Waals surface area contributed by atoms with Crippen molar-refractivity contribution in [1.82, 2.24) is 5.32 Å². The molecule has 0 radical (unpaired) electrons. The molecular formula is C14H19BrFN. The number of rotatable bonds is 4. The molecule has 1 aromatic rings. The molecular weight excluding hydrogens is 281 g/mol. The summed E-state index contributed by atoms with van der Waals surface area (Å²) in [5.74, 6) is 0.714. The third kappa shape index (κ3) is 3.52. The summed E-state index contributed by atoms with van der Waals surface area (Å²) in [6.45, 7) is 3.01. The molecule has 0 spiro atoms. The molecule has 1 nitrogen and oxygen atoms in total. The van der Waals surface area contributed by atoms with E-state index in [1.54, 1.807) is 12.1 Å². The molecule has 1 saturated carbocycles. The van der Waals surface area contributed by atoms with Crippen molar-refractivity contribution in [3.8, 4) is 0 Å². The van der Waals surface area contributed by atoms with E-state index in [2.05, 4.69) is 28.2 Å². The summed E-state index contributed by atoms with van der Waals surface area (Å²) in [6, 6.07) is 5.46. The second kappa shape index (κ2) is 5.96. The van der Waals surface area contributed by atoms with Gasteiger partial charge in [-0.25, -0.2) is 4.39 Å². The first-order chi connectivity index (χ1) is 8.19. The minimum atomic E-state index is -0.164. The van der Waals surface area contributed by atoms with E-state index in [1.807, 2.05) is 0 Å². The van der Waals surface area contributed by atoms with Gasteiger partial charge in [-0.3, -0.25) is 0 Å². The van der Waals surface area contributed by atoms with Crippen LogP contribution in [0.3, 0.4) is 0 Å². The van der Waals surface area contributed by atoms with Crippen LogP contribution >= 0.6 is 15.9 Å². The van der Waals surface area contributed by atoms with Crippen LogP contribution in [0, 0.1) is 11.7 Å². The summed E-state index contributed by atoms with van der Waals surface area (Å²) >= 11 is 3.46. The van der Waals surface area contributed by atoms with Crippen LogP contribution in [0.15, 0.2) is 22.7 Å². The second-order valence-electron chi connectivity index (χ2n) is 4.90. The summed E-state index contributed by atoms with van der Waals surface area (Å²) in [5, 5.41) is 3.53. The number of benzene rings is 1. The predicted octanol–water partition coefficient (Wildman–Crippen LogP) is 4.26. The molecule has 1 aliphatic rings. The van der Waals surface area contributed by atoms with Crippen molar-refractivity contribution >= 4 is 15.9 Å². The molecule has 1 fully saturated rings. The highest BCUT2D eigenvalue weighted by Crippen LogP contribution is 2.28. The predicted molar refractivity (Wildman–Crippen MR) is 72.4 cm³/mol. The molecule has 0 aliphatic heterocycles. The van der Waals surface area contributed by atoms with Gasteiger partial charge >= 0.3 is 0 Å². The Bertz CT molecular complexity index is 380. The van der Waals surface area contributed by atoms with Gasteiger partial charge in [-0.1, -0.05) is 29.3 Å². The fraction of sp³-hybridized carbons (Fsp3) is 0.571. The normalized spacial score (nSPS) is 24.2. The zero-order valence-corrected chi connectivity index (χ0v) is 11.8. The molecule has 1 N–H and O–H groups in total. The molecule has 0 saturated heterocycles. The van der Waals surface area contributed by atoms with Crippen LogP contribution in [0.2, 0.25) is 0 Å². The van der Waals surface area contributed by atoms with E-state index in [0.29, 0.717) is 6.04 Å². The summed E-state index contributed by atoms with van der Waals surface area (Å²) in [5.41, 5.74) is 1.00. The summed E-state index contributed by atoms with van der Waals surface area (Å²) in [7, 11) is 0. The van der Waals surface area contributed by atoms with E-state index in [-0.39, 0.29) is 5.82 Å². The van der Waals surface area contributed by atoms with Gasteiger partial charge in [0, 0.05) is 17.1 Å². The maximum absolute atomic E-state index is 13.1. The van der Waals surface area contributed by atoms with Gasteiger partial charge < -0.3 is 5.32 Å². The van der Waals surface area contributed by atoms with Gasteiger partial charge in [0.2, 0.25) is 0 Å². The molecule has 3 heteroatoms. The number of halogens is 2. The summed E-state index contributed by atoms with van der Waals surface area (Å²) in [6.07, 6.45) is 5.13. The fourth-order valence-corrected chi connectivity index (χ4v) is 2.95. The maximum Gasteiger partial charge on any atom is 0.123 e. The van der Waals surface area contributed by atoms with E-state index in [4.69, 9.17) is 0 Å². The zero-order valence-electron chi connectivity index (χ0n) is 10.2. The third-order valence-corrected chi connectivity index (χ3v) is 4.48. The van der Waals surface area contributed by atoms with Crippen molar-refractivity contribution in [1.29, 1.82) is 0 Å². The molecule has 2 atom stereocenters. The molecule has 2 unspecified atom stereocenters. The molecule has 0 amide bonds. The Morgan fingerprint density at radius 1 is 1.41 bits per heavy atom. The van der Waals surface area contributed by atoms with Crippen molar-refractivity contribution < 1.29 is 4.39 Å². The molecule has 1 aromatic carbocycles. The lowest BCUT2D eigenvalue weighted by atomic mass is 10.1. The molecule has 0 aromatic heterocycles. The lowest BCUT2D eigenvalue weighted by Gasteiger charge is -2.13. The minimum absolute atomic E-state index is 0.164. The number of hydrogen-bond donors (Lipinski definition) is 1. The summed E-state index contributed by atoms with van der Waals surface area (Å²) in [4.78, 5) is 0. The quantitative estimate of drug-likeness (QED) is 0.876. The van der Waals surface area contributed by atoms with Crippen LogP contribution in [0.5, 0.6) is 0 Å². The Morgan fingerprint density at radius 3 is 2.94 bits per heavy atom. The first-order valence-corrected chi connectivity index (χ1v) is 7.15. The Kier molecular flexibility index (Phi) is 4.57. The van der Waals surface area contributed by atoms with Crippen LogP contribution in [-0.4, -0.2) is 6.04 Å². The SMILES string of the molecule is CCC1CCC(NCc2cc(F)ccc2Br)C1. The highest BCUT2D eigenvalue weighted by molar-refractivity contribution is 9.10. The topological polar surface area (TPSA) is 12.0 Å². The van der Waals surface area contributed by atoms with Gasteiger partial charge in [0.1, 0.15) is 5.82 Å². The lowest BCUT2D eigenvalue weighted by Crippen LogP contribution is -2.26. The molecule has 17 heavy (non-hydrogen) atoms. The first kappa shape index (κ1) is 13.0. The highest BCUT2D eigenvalue weighted by Gasteiger charge is 2.22. The van der Waals surface area contributed by atoms with E-state index < -0.39 is 0 Å². The van der Waals surface area contributed by atoms with Gasteiger partial charge in [0.05, 0.1) is 0 Å². The lowest BCUT2D eigenvalue weighted by molar-refractivity contribution is 0.476. The first-order valence-electron chi connectivity index (χ1n) is 6.36. The monoisotopic (exact) mass is 299 g/mol. The van der Waals surface area contributed by atoms with E-state index >= 15 is 0 Å². The zero-order chi connectivity index (χ0) is 12.3. The molecule has 1 aliphatic carbocycles. The number of hydrogen-bond acceptors (Lipinski definition) is 1. The van der Waals surface area contributed by atoms with E-state index in [9.17, 15) is 4.39 Å². The van der Waals surface area contributed by atoms with Gasteiger partial charge in [-0.15, -0.1) is 0 Å². The van der Waals surface area contributed by atoms with Crippen molar-refractivity contribution in [2.75, 3.05) is 0 Å². The molecule has 0 bridgehead atoms. The molecule has 2 rings (SSSR count). The van der Waals surface area contributed by atoms with Gasteiger partial charge in [-0.05, 0) is 48.9 Å². The minimum Gasteiger partial charge on any atom is -0.310 e. The Morgan fingerprint density at radius 2 is 2.24 bits per heavy atom. The average Bonchev–Trinajstić information content (AvgIpc) is 2.78. The average molecular weight is 300 g/mol. The van der Waals surface area contributed by atoms with Crippen LogP contribution in [0.4, 0.5) is 4.39 Å². The van der Waals surface area contributed by atoms with Gasteiger partial charge in [0.15, 0.2) is 0 Å². The standard InChI is InChI=1S/C14H19BrFN/c1-2-10-3-5-13(7-10)17-9-11-8-12(16)4-6-14(11)15/h4,6,8,10,13,17H,2-3,5,7,9H2,1H3. The van der Waals surface area contributed by atoms with Crippen LogP contribution < -0.4 is 5.32 Å². The van der Waals surface area contributed by atoms with E-state index in [0.717, 1.165) is 22.5 Å². The van der Waals surface area contributed by atoms with Crippen molar-refractivity contribution in [3.05, 3.63) is 34.1 Å². The fourth-order valence-electron chi connectivity index (χ4n) is 2.56. The van der Waals surface area contributed by atoms with Gasteiger partial charge in [-0.2, -0.15) is 0 Å².